The van der Waals surface area contributed by atoms with E-state index in [2.05, 4.69) is 22.5 Å². The molecule has 0 aliphatic rings. The molecule has 2 rings (SSSR count). The third-order valence-corrected chi connectivity index (χ3v) is 4.02. The number of carbonyl (C=O) groups excluding carboxylic acids is 1. The van der Waals surface area contributed by atoms with E-state index in [1.807, 2.05) is 36.4 Å². The Kier molecular flexibility index (Phi) is 8.42. The highest BCUT2D eigenvalue weighted by molar-refractivity contribution is 5.94. The highest BCUT2D eigenvalue weighted by atomic mass is 16.3. The van der Waals surface area contributed by atoms with Crippen molar-refractivity contribution >= 4 is 11.9 Å². The molecule has 0 aliphatic heterocycles. The third-order valence-electron chi connectivity index (χ3n) is 4.02. The summed E-state index contributed by atoms with van der Waals surface area (Å²) in [7, 11) is 3.53. The molecule has 6 nitrogen and oxygen atoms in total. The highest BCUT2D eigenvalue weighted by Crippen LogP contribution is 2.07. The summed E-state index contributed by atoms with van der Waals surface area (Å²) in [5.74, 6) is 1.79. The molecule has 1 aromatic heterocycles. The van der Waals surface area contributed by atoms with Gasteiger partial charge in [-0.2, -0.15) is 0 Å². The van der Waals surface area contributed by atoms with Crippen molar-refractivity contribution in [1.29, 1.82) is 0 Å². The summed E-state index contributed by atoms with van der Waals surface area (Å²) >= 11 is 0. The van der Waals surface area contributed by atoms with Crippen molar-refractivity contribution in [3.8, 4) is 0 Å². The SMILES string of the molecule is CCCN=C(NCCc1cccc(C(=O)N(C)C)c1)NCCc1ccco1. The number of hydrogen-bond acceptors (Lipinski definition) is 3. The van der Waals surface area contributed by atoms with Crippen molar-refractivity contribution in [3.63, 3.8) is 0 Å². The van der Waals surface area contributed by atoms with Crippen LogP contribution in [0, 0.1) is 0 Å². The molecule has 0 saturated heterocycles. The third kappa shape index (κ3) is 7.17. The molecule has 0 unspecified atom stereocenters. The first-order valence-corrected chi connectivity index (χ1v) is 9.45. The molecule has 0 fully saturated rings. The van der Waals surface area contributed by atoms with Gasteiger partial charge in [-0.15, -0.1) is 0 Å². The molecule has 1 heterocycles. The van der Waals surface area contributed by atoms with Crippen LogP contribution in [-0.4, -0.2) is 50.5 Å². The molecule has 0 spiro atoms. The van der Waals surface area contributed by atoms with Crippen LogP contribution in [0.25, 0.3) is 0 Å². The normalized spacial score (nSPS) is 11.3. The Morgan fingerprint density at radius 3 is 2.56 bits per heavy atom. The van der Waals surface area contributed by atoms with Crippen LogP contribution >= 0.6 is 0 Å². The van der Waals surface area contributed by atoms with Gasteiger partial charge < -0.3 is 20.0 Å². The molecule has 6 heteroatoms. The van der Waals surface area contributed by atoms with Gasteiger partial charge in [-0.05, 0) is 42.7 Å². The second-order valence-electron chi connectivity index (χ2n) is 6.56. The highest BCUT2D eigenvalue weighted by Gasteiger charge is 2.08. The summed E-state index contributed by atoms with van der Waals surface area (Å²) in [4.78, 5) is 18.2. The number of nitrogens with zero attached hydrogens (tertiary/aromatic N) is 2. The fourth-order valence-electron chi connectivity index (χ4n) is 2.60. The predicted octanol–water partition coefficient (Wildman–Crippen LogP) is 2.71. The monoisotopic (exact) mass is 370 g/mol. The molecular weight excluding hydrogens is 340 g/mol. The van der Waals surface area contributed by atoms with Crippen LogP contribution in [0.15, 0.2) is 52.1 Å². The van der Waals surface area contributed by atoms with Gasteiger partial charge in [0.05, 0.1) is 6.26 Å². The summed E-state index contributed by atoms with van der Waals surface area (Å²) in [5, 5.41) is 6.71. The summed E-state index contributed by atoms with van der Waals surface area (Å²) in [6.07, 6.45) is 4.32. The van der Waals surface area contributed by atoms with Crippen LogP contribution in [0.5, 0.6) is 0 Å². The molecule has 0 aliphatic carbocycles. The average molecular weight is 370 g/mol. The summed E-state index contributed by atoms with van der Waals surface area (Å²) in [5.41, 5.74) is 1.84. The number of amides is 1. The Morgan fingerprint density at radius 1 is 1.11 bits per heavy atom. The molecule has 27 heavy (non-hydrogen) atoms. The van der Waals surface area contributed by atoms with Gasteiger partial charge in [0.15, 0.2) is 5.96 Å². The lowest BCUT2D eigenvalue weighted by atomic mass is 10.1. The summed E-state index contributed by atoms with van der Waals surface area (Å²) < 4.78 is 5.35. The van der Waals surface area contributed by atoms with Crippen LogP contribution in [0.4, 0.5) is 0 Å². The van der Waals surface area contributed by atoms with E-state index in [0.717, 1.165) is 56.2 Å². The van der Waals surface area contributed by atoms with Crippen molar-refractivity contribution in [2.24, 2.45) is 4.99 Å². The molecule has 0 bridgehead atoms. The Morgan fingerprint density at radius 2 is 1.89 bits per heavy atom. The Balaban J connectivity index is 1.83. The van der Waals surface area contributed by atoms with E-state index in [-0.39, 0.29) is 5.91 Å². The Bertz CT molecular complexity index is 724. The fraction of sp³-hybridized carbons (Fsp3) is 0.429. The second kappa shape index (κ2) is 11.1. The Labute approximate surface area is 161 Å². The van der Waals surface area contributed by atoms with Crippen molar-refractivity contribution in [3.05, 3.63) is 59.5 Å². The first-order valence-electron chi connectivity index (χ1n) is 9.45. The van der Waals surface area contributed by atoms with E-state index in [1.54, 1.807) is 25.3 Å². The largest absolute Gasteiger partial charge is 0.469 e. The van der Waals surface area contributed by atoms with Crippen LogP contribution < -0.4 is 10.6 Å². The molecule has 0 atom stereocenters. The predicted molar refractivity (Wildman–Crippen MR) is 109 cm³/mol. The zero-order chi connectivity index (χ0) is 19.5. The van der Waals surface area contributed by atoms with Crippen molar-refractivity contribution < 1.29 is 9.21 Å². The molecular formula is C21H30N4O2. The number of guanidine groups is 1. The van der Waals surface area contributed by atoms with E-state index in [4.69, 9.17) is 4.42 Å². The van der Waals surface area contributed by atoms with Gasteiger partial charge in [0.2, 0.25) is 0 Å². The molecule has 2 aromatic rings. The van der Waals surface area contributed by atoms with Gasteiger partial charge in [0.25, 0.3) is 5.91 Å². The molecule has 2 N–H and O–H groups in total. The zero-order valence-corrected chi connectivity index (χ0v) is 16.5. The van der Waals surface area contributed by atoms with Crippen LogP contribution in [0.2, 0.25) is 0 Å². The van der Waals surface area contributed by atoms with Gasteiger partial charge in [-0.3, -0.25) is 9.79 Å². The number of hydrogen-bond donors (Lipinski definition) is 2. The van der Waals surface area contributed by atoms with Gasteiger partial charge >= 0.3 is 0 Å². The first kappa shape index (κ1) is 20.6. The van der Waals surface area contributed by atoms with Gasteiger partial charge in [-0.25, -0.2) is 0 Å². The smallest absolute Gasteiger partial charge is 0.253 e. The van der Waals surface area contributed by atoms with Crippen molar-refractivity contribution in [2.45, 2.75) is 26.2 Å². The molecule has 146 valence electrons. The number of benzene rings is 1. The van der Waals surface area contributed by atoms with E-state index < -0.39 is 0 Å². The van der Waals surface area contributed by atoms with Gasteiger partial charge in [0.1, 0.15) is 5.76 Å². The minimum Gasteiger partial charge on any atom is -0.469 e. The van der Waals surface area contributed by atoms with E-state index >= 15 is 0 Å². The van der Waals surface area contributed by atoms with Crippen LogP contribution in [-0.2, 0) is 12.8 Å². The minimum absolute atomic E-state index is 0.0228. The molecule has 1 aromatic carbocycles. The average Bonchev–Trinajstić information content (AvgIpc) is 3.18. The van der Waals surface area contributed by atoms with Crippen LogP contribution in [0.3, 0.4) is 0 Å². The fourth-order valence-corrected chi connectivity index (χ4v) is 2.60. The first-order chi connectivity index (χ1) is 13.1. The maximum Gasteiger partial charge on any atom is 0.253 e. The van der Waals surface area contributed by atoms with E-state index in [0.29, 0.717) is 5.56 Å². The second-order valence-corrected chi connectivity index (χ2v) is 6.56. The van der Waals surface area contributed by atoms with Crippen molar-refractivity contribution in [2.75, 3.05) is 33.7 Å². The molecule has 0 saturated carbocycles. The Hall–Kier alpha value is -2.76. The number of rotatable bonds is 9. The topological polar surface area (TPSA) is 69.9 Å². The maximum atomic E-state index is 12.1. The lowest BCUT2D eigenvalue weighted by Gasteiger charge is -2.13. The zero-order valence-electron chi connectivity index (χ0n) is 16.5. The van der Waals surface area contributed by atoms with E-state index in [9.17, 15) is 4.79 Å². The quantitative estimate of drug-likeness (QED) is 0.526. The van der Waals surface area contributed by atoms with Crippen molar-refractivity contribution in [1.82, 2.24) is 15.5 Å². The number of aliphatic imine (C=N–C) groups is 1. The standard InChI is InChI=1S/C21H30N4O2/c1-4-12-22-21(24-14-11-19-9-6-15-27-19)23-13-10-17-7-5-8-18(16-17)20(26)25(2)3/h5-9,15-16H,4,10-14H2,1-3H3,(H2,22,23,24). The van der Waals surface area contributed by atoms with E-state index in [1.165, 1.54) is 0 Å². The minimum atomic E-state index is 0.0228. The number of carbonyl (C=O) groups is 1. The maximum absolute atomic E-state index is 12.1. The van der Waals surface area contributed by atoms with Crippen LogP contribution in [0.1, 0.15) is 35.0 Å². The lowest BCUT2D eigenvalue weighted by Crippen LogP contribution is -2.39. The summed E-state index contributed by atoms with van der Waals surface area (Å²) in [6.45, 7) is 4.39. The van der Waals surface area contributed by atoms with Gasteiger partial charge in [0, 0.05) is 45.7 Å². The number of nitrogens with one attached hydrogen (secondary N) is 2. The number of furan rings is 1. The van der Waals surface area contributed by atoms with Gasteiger partial charge in [-0.1, -0.05) is 19.1 Å². The lowest BCUT2D eigenvalue weighted by molar-refractivity contribution is 0.0827. The summed E-state index contributed by atoms with van der Waals surface area (Å²) in [6, 6.07) is 11.6. The molecule has 0 radical (unpaired) electrons. The molecule has 1 amide bonds.